The number of hydrogen-bond acceptors (Lipinski definition) is 4. The summed E-state index contributed by atoms with van der Waals surface area (Å²) in [6, 6.07) is 27.2. The maximum absolute atomic E-state index is 12.7. The second kappa shape index (κ2) is 11.5. The molecule has 0 saturated heterocycles. The highest BCUT2D eigenvalue weighted by Gasteiger charge is 2.11. The Balaban J connectivity index is 1.37. The molecule has 0 saturated carbocycles. The molecule has 1 N–H and O–H groups in total. The van der Waals surface area contributed by atoms with Gasteiger partial charge in [-0.1, -0.05) is 54.1 Å². The van der Waals surface area contributed by atoms with Gasteiger partial charge in [0.25, 0.3) is 11.5 Å². The Morgan fingerprint density at radius 3 is 2.37 bits per heavy atom. The van der Waals surface area contributed by atoms with E-state index in [4.69, 9.17) is 16.3 Å². The van der Waals surface area contributed by atoms with Gasteiger partial charge in [-0.15, -0.1) is 5.10 Å². The number of carbonyl (C=O) groups excluding carboxylic acids is 1. The van der Waals surface area contributed by atoms with Crippen LogP contribution in [0.15, 0.2) is 95.8 Å². The minimum Gasteiger partial charge on any atom is -0.472 e. The van der Waals surface area contributed by atoms with E-state index < -0.39 is 0 Å². The van der Waals surface area contributed by atoms with Crippen molar-refractivity contribution in [2.75, 3.05) is 0 Å². The fraction of sp³-hybridized carbons (Fsp3) is 0.179. The van der Waals surface area contributed by atoms with Gasteiger partial charge in [0.05, 0.1) is 5.69 Å². The van der Waals surface area contributed by atoms with Crippen molar-refractivity contribution in [1.82, 2.24) is 15.1 Å². The second-order valence-corrected chi connectivity index (χ2v) is 8.72. The molecule has 0 radical (unpaired) electrons. The van der Waals surface area contributed by atoms with Gasteiger partial charge in [-0.2, -0.15) is 4.68 Å². The fourth-order valence-electron chi connectivity index (χ4n) is 3.56. The van der Waals surface area contributed by atoms with Gasteiger partial charge in [0.1, 0.15) is 6.61 Å². The Morgan fingerprint density at radius 1 is 0.943 bits per heavy atom. The highest BCUT2D eigenvalue weighted by Crippen LogP contribution is 2.14. The predicted molar refractivity (Wildman–Crippen MR) is 137 cm³/mol. The molecule has 4 rings (SSSR count). The number of rotatable bonds is 9. The van der Waals surface area contributed by atoms with Gasteiger partial charge in [0, 0.05) is 28.8 Å². The maximum atomic E-state index is 12.7. The summed E-state index contributed by atoms with van der Waals surface area (Å²) in [5.41, 5.74) is 2.94. The molecular weight excluding hydrogens is 462 g/mol. The van der Waals surface area contributed by atoms with Crippen LogP contribution in [-0.4, -0.2) is 21.7 Å². The Bertz CT molecular complexity index is 1320. The number of benzene rings is 3. The van der Waals surface area contributed by atoms with E-state index in [2.05, 4.69) is 22.5 Å². The van der Waals surface area contributed by atoms with Crippen molar-refractivity contribution >= 4 is 17.5 Å². The fourth-order valence-corrected chi connectivity index (χ4v) is 3.68. The lowest BCUT2D eigenvalue weighted by atomic mass is 10.1. The molecule has 0 bridgehead atoms. The molecule has 0 aliphatic carbocycles. The summed E-state index contributed by atoms with van der Waals surface area (Å²) in [5.74, 6) is 0.158. The first-order valence-electron chi connectivity index (χ1n) is 11.4. The third-order valence-corrected chi connectivity index (χ3v) is 5.79. The zero-order chi connectivity index (χ0) is 24.6. The van der Waals surface area contributed by atoms with E-state index in [1.807, 2.05) is 37.3 Å². The number of halogens is 1. The maximum Gasteiger partial charge on any atom is 0.271 e. The number of ether oxygens (including phenoxy) is 1. The van der Waals surface area contributed by atoms with Crippen molar-refractivity contribution in [1.29, 1.82) is 0 Å². The number of nitrogens with zero attached hydrogens (tertiary/aromatic N) is 2. The average molecular weight is 488 g/mol. The van der Waals surface area contributed by atoms with E-state index in [1.165, 1.54) is 22.4 Å². The summed E-state index contributed by atoms with van der Waals surface area (Å²) < 4.78 is 6.98. The van der Waals surface area contributed by atoms with Crippen molar-refractivity contribution in [3.8, 4) is 11.6 Å². The molecule has 4 aromatic rings. The topological polar surface area (TPSA) is 73.2 Å². The Morgan fingerprint density at radius 2 is 1.66 bits per heavy atom. The van der Waals surface area contributed by atoms with Crippen molar-refractivity contribution in [2.24, 2.45) is 0 Å². The van der Waals surface area contributed by atoms with Crippen LogP contribution in [0.25, 0.3) is 5.69 Å². The van der Waals surface area contributed by atoms with Crippen LogP contribution in [0.5, 0.6) is 5.88 Å². The number of amides is 1. The van der Waals surface area contributed by atoms with Crippen molar-refractivity contribution in [3.63, 3.8) is 0 Å². The molecule has 1 aromatic heterocycles. The lowest BCUT2D eigenvalue weighted by Crippen LogP contribution is -2.32. The average Bonchev–Trinajstić information content (AvgIpc) is 2.88. The van der Waals surface area contributed by atoms with Crippen LogP contribution in [0.3, 0.4) is 0 Å². The van der Waals surface area contributed by atoms with E-state index in [1.54, 1.807) is 36.4 Å². The van der Waals surface area contributed by atoms with Crippen LogP contribution in [0, 0.1) is 0 Å². The summed E-state index contributed by atoms with van der Waals surface area (Å²) in [5, 5.41) is 7.99. The first kappa shape index (κ1) is 24.2. The van der Waals surface area contributed by atoms with Crippen LogP contribution in [0.1, 0.15) is 34.8 Å². The van der Waals surface area contributed by atoms with Crippen LogP contribution in [0.2, 0.25) is 5.02 Å². The molecule has 7 heteroatoms. The predicted octanol–water partition coefficient (Wildman–Crippen LogP) is 5.22. The third kappa shape index (κ3) is 6.80. The van der Waals surface area contributed by atoms with Crippen molar-refractivity contribution < 1.29 is 9.53 Å². The van der Waals surface area contributed by atoms with Gasteiger partial charge in [-0.25, -0.2) is 0 Å². The summed E-state index contributed by atoms with van der Waals surface area (Å²) in [7, 11) is 0. The summed E-state index contributed by atoms with van der Waals surface area (Å²) >= 11 is 5.91. The standard InChI is InChI=1S/C28H26ClN3O3/c1-20(7-8-21-5-3-2-4-6-21)30-28(34)23-11-15-25(16-12-23)32-27(33)18-17-26(31-32)35-19-22-9-13-24(29)14-10-22/h2-6,9-18,20H,7-8,19H2,1H3,(H,30,34)/t20-/m0/s1. The molecule has 1 amide bonds. The first-order chi connectivity index (χ1) is 17.0. The molecule has 0 unspecified atom stereocenters. The van der Waals surface area contributed by atoms with Gasteiger partial charge in [-0.05, 0) is 67.3 Å². The second-order valence-electron chi connectivity index (χ2n) is 8.28. The molecule has 0 aliphatic rings. The molecule has 178 valence electrons. The highest BCUT2D eigenvalue weighted by atomic mass is 35.5. The van der Waals surface area contributed by atoms with Crippen LogP contribution < -0.4 is 15.6 Å². The lowest BCUT2D eigenvalue weighted by Gasteiger charge is -2.14. The van der Waals surface area contributed by atoms with Gasteiger partial charge in [0.2, 0.25) is 5.88 Å². The van der Waals surface area contributed by atoms with Crippen LogP contribution in [0.4, 0.5) is 0 Å². The van der Waals surface area contributed by atoms with Gasteiger partial charge in [-0.3, -0.25) is 9.59 Å². The number of nitrogens with one attached hydrogen (secondary N) is 1. The van der Waals surface area contributed by atoms with Gasteiger partial charge in [0.15, 0.2) is 0 Å². The Labute approximate surface area is 209 Å². The van der Waals surface area contributed by atoms with Gasteiger partial charge < -0.3 is 10.1 Å². The van der Waals surface area contributed by atoms with Crippen molar-refractivity contribution in [3.05, 3.63) is 123 Å². The normalized spacial score (nSPS) is 11.6. The Hall–Kier alpha value is -3.90. The zero-order valence-electron chi connectivity index (χ0n) is 19.4. The van der Waals surface area contributed by atoms with Gasteiger partial charge >= 0.3 is 0 Å². The molecule has 1 heterocycles. The zero-order valence-corrected chi connectivity index (χ0v) is 20.1. The molecule has 0 aliphatic heterocycles. The van der Waals surface area contributed by atoms with Crippen LogP contribution in [-0.2, 0) is 13.0 Å². The number of aromatic nitrogens is 2. The summed E-state index contributed by atoms with van der Waals surface area (Å²) in [6.45, 7) is 2.29. The molecule has 1 atom stereocenters. The van der Waals surface area contributed by atoms with E-state index in [9.17, 15) is 9.59 Å². The smallest absolute Gasteiger partial charge is 0.271 e. The summed E-state index contributed by atoms with van der Waals surface area (Å²) in [6.07, 6.45) is 1.74. The van der Waals surface area contributed by atoms with E-state index >= 15 is 0 Å². The minimum absolute atomic E-state index is 0.0288. The number of carbonyl (C=O) groups is 1. The van der Waals surface area contributed by atoms with Crippen molar-refractivity contribution in [2.45, 2.75) is 32.4 Å². The minimum atomic E-state index is -0.296. The molecule has 6 nitrogen and oxygen atoms in total. The first-order valence-corrected chi connectivity index (χ1v) is 11.8. The summed E-state index contributed by atoms with van der Waals surface area (Å²) in [4.78, 5) is 25.0. The van der Waals surface area contributed by atoms with E-state index in [0.717, 1.165) is 18.4 Å². The highest BCUT2D eigenvalue weighted by molar-refractivity contribution is 6.30. The molecule has 0 fully saturated rings. The Kier molecular flexibility index (Phi) is 7.95. The molecular formula is C28H26ClN3O3. The largest absolute Gasteiger partial charge is 0.472 e. The lowest BCUT2D eigenvalue weighted by molar-refractivity contribution is 0.0938. The SMILES string of the molecule is C[C@@H](CCc1ccccc1)NC(=O)c1ccc(-n2nc(OCc3ccc(Cl)cc3)ccc2=O)cc1. The van der Waals surface area contributed by atoms with Crippen LogP contribution >= 0.6 is 11.6 Å². The number of aryl methyl sites for hydroxylation is 1. The van der Waals surface area contributed by atoms with E-state index in [-0.39, 0.29) is 17.5 Å². The van der Waals surface area contributed by atoms with E-state index in [0.29, 0.717) is 28.8 Å². The third-order valence-electron chi connectivity index (χ3n) is 5.54. The quantitative estimate of drug-likeness (QED) is 0.351. The monoisotopic (exact) mass is 487 g/mol. The molecule has 0 spiro atoms. The molecule has 35 heavy (non-hydrogen) atoms. The number of hydrogen-bond donors (Lipinski definition) is 1. The molecule has 3 aromatic carbocycles.